The average Bonchev–Trinajstić information content (AvgIpc) is 2.57. The minimum atomic E-state index is -0.324. The monoisotopic (exact) mass is 335 g/mol. The van der Waals surface area contributed by atoms with E-state index in [2.05, 4.69) is 16.9 Å². The van der Waals surface area contributed by atoms with Gasteiger partial charge in [0, 0.05) is 6.54 Å². The number of hydrogen-bond acceptors (Lipinski definition) is 3. The van der Waals surface area contributed by atoms with E-state index in [1.807, 2.05) is 13.0 Å². The van der Waals surface area contributed by atoms with Gasteiger partial charge in [0.25, 0.3) is 5.56 Å². The molecular weight excluding hydrogens is 314 g/mol. The lowest BCUT2D eigenvalue weighted by atomic mass is 10.2. The number of rotatable bonds is 7. The predicted molar refractivity (Wildman–Crippen MR) is 92.7 cm³/mol. The third-order valence-electron chi connectivity index (χ3n) is 3.93. The Kier molecular flexibility index (Phi) is 6.16. The summed E-state index contributed by atoms with van der Waals surface area (Å²) in [7, 11) is 0. The summed E-state index contributed by atoms with van der Waals surface area (Å²) in [6.07, 6.45) is 3.02. The van der Waals surface area contributed by atoms with Gasteiger partial charge in [0.15, 0.2) is 0 Å². The van der Waals surface area contributed by atoms with E-state index in [0.717, 1.165) is 19.3 Å². The van der Waals surface area contributed by atoms with Crippen LogP contribution in [0.5, 0.6) is 0 Å². The number of nitrogens with zero attached hydrogens (tertiary/aromatic N) is 2. The molecule has 1 atom stereocenters. The molecule has 0 aliphatic carbocycles. The first-order chi connectivity index (χ1) is 11.1. The maximum absolute atomic E-state index is 12.2. The SMILES string of the molecule is CCCCCN(C(=O)CCl)C(C)c1nc2ccccc2c(=O)[nH]1. The summed E-state index contributed by atoms with van der Waals surface area (Å²) in [4.78, 5) is 33.3. The van der Waals surface area contributed by atoms with Crippen LogP contribution in [0.3, 0.4) is 0 Å². The van der Waals surface area contributed by atoms with Crippen molar-refractivity contribution in [2.45, 2.75) is 39.2 Å². The maximum Gasteiger partial charge on any atom is 0.258 e. The zero-order valence-corrected chi connectivity index (χ0v) is 14.3. The number of alkyl halides is 1. The number of halogens is 1. The lowest BCUT2D eigenvalue weighted by molar-refractivity contribution is -0.130. The van der Waals surface area contributed by atoms with Crippen LogP contribution in [0.4, 0.5) is 0 Å². The number of nitrogens with one attached hydrogen (secondary N) is 1. The van der Waals surface area contributed by atoms with E-state index in [4.69, 9.17) is 11.6 Å². The van der Waals surface area contributed by atoms with Crippen molar-refractivity contribution < 1.29 is 4.79 Å². The smallest absolute Gasteiger partial charge is 0.258 e. The quantitative estimate of drug-likeness (QED) is 0.624. The molecule has 1 aromatic heterocycles. The Morgan fingerprint density at radius 2 is 2.09 bits per heavy atom. The Bertz CT molecular complexity index is 729. The first kappa shape index (κ1) is 17.5. The molecule has 1 amide bonds. The largest absolute Gasteiger partial charge is 0.332 e. The highest BCUT2D eigenvalue weighted by atomic mass is 35.5. The van der Waals surface area contributed by atoms with Crippen LogP contribution >= 0.6 is 11.6 Å². The van der Waals surface area contributed by atoms with Gasteiger partial charge in [-0.3, -0.25) is 9.59 Å². The average molecular weight is 336 g/mol. The van der Waals surface area contributed by atoms with Gasteiger partial charge in [-0.2, -0.15) is 0 Å². The standard InChI is InChI=1S/C17H22ClN3O2/c1-3-4-7-10-21(15(22)11-18)12(2)16-19-14-9-6-5-8-13(14)17(23)20-16/h5-6,8-9,12H,3-4,7,10-11H2,1-2H3,(H,19,20,23). The number of carbonyl (C=O) groups is 1. The second kappa shape index (κ2) is 8.11. The third-order valence-corrected chi connectivity index (χ3v) is 4.16. The first-order valence-electron chi connectivity index (χ1n) is 7.92. The minimum Gasteiger partial charge on any atom is -0.332 e. The molecule has 0 fully saturated rings. The van der Waals surface area contributed by atoms with Crippen molar-refractivity contribution in [1.82, 2.24) is 14.9 Å². The highest BCUT2D eigenvalue weighted by Gasteiger charge is 2.22. The molecule has 124 valence electrons. The van der Waals surface area contributed by atoms with E-state index in [9.17, 15) is 9.59 Å². The molecule has 0 saturated carbocycles. The van der Waals surface area contributed by atoms with Gasteiger partial charge >= 0.3 is 0 Å². The van der Waals surface area contributed by atoms with E-state index in [-0.39, 0.29) is 23.4 Å². The molecule has 0 radical (unpaired) electrons. The molecule has 0 aliphatic rings. The van der Waals surface area contributed by atoms with Crippen molar-refractivity contribution in [2.24, 2.45) is 0 Å². The van der Waals surface area contributed by atoms with Crippen molar-refractivity contribution in [3.63, 3.8) is 0 Å². The van der Waals surface area contributed by atoms with E-state index >= 15 is 0 Å². The van der Waals surface area contributed by atoms with Gasteiger partial charge in [0.2, 0.25) is 5.91 Å². The third kappa shape index (κ3) is 4.10. The fourth-order valence-corrected chi connectivity index (χ4v) is 2.75. The van der Waals surface area contributed by atoms with Gasteiger partial charge in [0.1, 0.15) is 11.7 Å². The van der Waals surface area contributed by atoms with Crippen LogP contribution in [-0.4, -0.2) is 33.2 Å². The number of aromatic nitrogens is 2. The van der Waals surface area contributed by atoms with Crippen molar-refractivity contribution in [3.8, 4) is 0 Å². The molecule has 0 bridgehead atoms. The first-order valence-corrected chi connectivity index (χ1v) is 8.46. The van der Waals surface area contributed by atoms with Gasteiger partial charge < -0.3 is 9.88 Å². The molecule has 2 aromatic rings. The maximum atomic E-state index is 12.2. The van der Waals surface area contributed by atoms with Crippen LogP contribution in [0.15, 0.2) is 29.1 Å². The Morgan fingerprint density at radius 1 is 1.35 bits per heavy atom. The molecule has 1 aromatic carbocycles. The van der Waals surface area contributed by atoms with Crippen LogP contribution in [0, 0.1) is 0 Å². The summed E-state index contributed by atoms with van der Waals surface area (Å²) in [6, 6.07) is 6.85. The summed E-state index contributed by atoms with van der Waals surface area (Å²) in [6.45, 7) is 4.58. The molecule has 6 heteroatoms. The number of aromatic amines is 1. The van der Waals surface area contributed by atoms with E-state index in [1.165, 1.54) is 0 Å². The molecule has 1 heterocycles. The number of hydrogen-bond donors (Lipinski definition) is 1. The summed E-state index contributed by atoms with van der Waals surface area (Å²) in [5.41, 5.74) is 0.439. The van der Waals surface area contributed by atoms with Crippen molar-refractivity contribution in [1.29, 1.82) is 0 Å². The van der Waals surface area contributed by atoms with E-state index in [0.29, 0.717) is 23.3 Å². The van der Waals surface area contributed by atoms with Gasteiger partial charge in [0.05, 0.1) is 16.9 Å². The predicted octanol–water partition coefficient (Wildman–Crippen LogP) is 3.24. The number of H-pyrrole nitrogens is 1. The molecule has 5 nitrogen and oxygen atoms in total. The number of unbranched alkanes of at least 4 members (excludes halogenated alkanes) is 2. The second-order valence-corrected chi connectivity index (χ2v) is 5.84. The Morgan fingerprint density at radius 3 is 2.78 bits per heavy atom. The lowest BCUT2D eigenvalue weighted by Gasteiger charge is -2.28. The Labute approximate surface area is 140 Å². The summed E-state index contributed by atoms with van der Waals surface area (Å²) < 4.78 is 0. The fourth-order valence-electron chi connectivity index (χ4n) is 2.59. The number of fused-ring (bicyclic) bond motifs is 1. The minimum absolute atomic E-state index is 0.0751. The highest BCUT2D eigenvalue weighted by molar-refractivity contribution is 6.27. The Hall–Kier alpha value is -1.88. The number of amides is 1. The number of benzene rings is 1. The summed E-state index contributed by atoms with van der Waals surface area (Å²) in [5.74, 6) is 0.267. The second-order valence-electron chi connectivity index (χ2n) is 5.57. The van der Waals surface area contributed by atoms with E-state index < -0.39 is 0 Å². The molecule has 0 aliphatic heterocycles. The van der Waals surface area contributed by atoms with Gasteiger partial charge in [-0.25, -0.2) is 4.98 Å². The molecular formula is C17H22ClN3O2. The van der Waals surface area contributed by atoms with Crippen molar-refractivity contribution in [2.75, 3.05) is 12.4 Å². The van der Waals surface area contributed by atoms with Gasteiger partial charge in [-0.15, -0.1) is 11.6 Å². The zero-order valence-electron chi connectivity index (χ0n) is 13.5. The molecule has 23 heavy (non-hydrogen) atoms. The van der Waals surface area contributed by atoms with E-state index in [1.54, 1.807) is 23.1 Å². The van der Waals surface area contributed by atoms with Crippen LogP contribution in [0.25, 0.3) is 10.9 Å². The van der Waals surface area contributed by atoms with Crippen molar-refractivity contribution in [3.05, 3.63) is 40.4 Å². The zero-order chi connectivity index (χ0) is 16.8. The summed E-state index contributed by atoms with van der Waals surface area (Å²) >= 11 is 5.73. The Balaban J connectivity index is 2.33. The van der Waals surface area contributed by atoms with Gasteiger partial charge in [-0.05, 0) is 25.5 Å². The van der Waals surface area contributed by atoms with Crippen LogP contribution in [-0.2, 0) is 4.79 Å². The lowest BCUT2D eigenvalue weighted by Crippen LogP contribution is -2.36. The van der Waals surface area contributed by atoms with Crippen molar-refractivity contribution >= 4 is 28.4 Å². The summed E-state index contributed by atoms with van der Waals surface area (Å²) in [5, 5.41) is 0.546. The highest BCUT2D eigenvalue weighted by Crippen LogP contribution is 2.19. The fraction of sp³-hybridized carbons (Fsp3) is 0.471. The molecule has 2 rings (SSSR count). The molecule has 1 N–H and O–H groups in total. The normalized spacial score (nSPS) is 12.3. The molecule has 0 saturated heterocycles. The molecule has 0 spiro atoms. The topological polar surface area (TPSA) is 66.1 Å². The number of carbonyl (C=O) groups excluding carboxylic acids is 1. The molecule has 1 unspecified atom stereocenters. The van der Waals surface area contributed by atoms with Gasteiger partial charge in [-0.1, -0.05) is 31.9 Å². The van der Waals surface area contributed by atoms with Crippen LogP contribution in [0.2, 0.25) is 0 Å². The van der Waals surface area contributed by atoms with Crippen LogP contribution < -0.4 is 5.56 Å². The van der Waals surface area contributed by atoms with Crippen LogP contribution in [0.1, 0.15) is 45.0 Å². The number of para-hydroxylation sites is 1.